The summed E-state index contributed by atoms with van der Waals surface area (Å²) < 4.78 is 1.79. The molecule has 1 atom stereocenters. The SMILES string of the molecule is Cc1nccn1-c1cc(NC(=O)C2CCC(=O)N2)ncn1. The minimum Gasteiger partial charge on any atom is -0.344 e. The minimum atomic E-state index is -0.495. The fourth-order valence-electron chi connectivity index (χ4n) is 2.19. The van der Waals surface area contributed by atoms with Crippen molar-refractivity contribution < 1.29 is 9.59 Å². The Morgan fingerprint density at radius 2 is 2.29 bits per heavy atom. The molecule has 2 amide bonds. The van der Waals surface area contributed by atoms with E-state index >= 15 is 0 Å². The number of amides is 2. The van der Waals surface area contributed by atoms with Gasteiger partial charge in [-0.15, -0.1) is 0 Å². The molecule has 3 rings (SSSR count). The van der Waals surface area contributed by atoms with E-state index < -0.39 is 6.04 Å². The van der Waals surface area contributed by atoms with E-state index in [1.165, 1.54) is 6.33 Å². The number of imidazole rings is 1. The highest BCUT2D eigenvalue weighted by Crippen LogP contribution is 2.13. The lowest BCUT2D eigenvalue weighted by Gasteiger charge is -2.11. The van der Waals surface area contributed by atoms with E-state index in [9.17, 15) is 9.59 Å². The maximum Gasteiger partial charge on any atom is 0.248 e. The molecule has 1 unspecified atom stereocenters. The summed E-state index contributed by atoms with van der Waals surface area (Å²) in [7, 11) is 0. The van der Waals surface area contributed by atoms with Crippen molar-refractivity contribution in [2.45, 2.75) is 25.8 Å². The maximum atomic E-state index is 12.0. The number of carbonyl (C=O) groups is 2. The third-order valence-electron chi connectivity index (χ3n) is 3.29. The van der Waals surface area contributed by atoms with Gasteiger partial charge >= 0.3 is 0 Å². The van der Waals surface area contributed by atoms with Crippen molar-refractivity contribution in [3.8, 4) is 5.82 Å². The van der Waals surface area contributed by atoms with Gasteiger partial charge < -0.3 is 10.6 Å². The van der Waals surface area contributed by atoms with Crippen molar-refractivity contribution in [3.63, 3.8) is 0 Å². The summed E-state index contributed by atoms with van der Waals surface area (Å²) >= 11 is 0. The van der Waals surface area contributed by atoms with E-state index in [0.717, 1.165) is 5.82 Å². The third kappa shape index (κ3) is 2.73. The van der Waals surface area contributed by atoms with Crippen LogP contribution in [0.15, 0.2) is 24.8 Å². The summed E-state index contributed by atoms with van der Waals surface area (Å²) in [6.45, 7) is 1.86. The third-order valence-corrected chi connectivity index (χ3v) is 3.29. The van der Waals surface area contributed by atoms with Gasteiger partial charge in [0.2, 0.25) is 11.8 Å². The molecule has 108 valence electrons. The molecular formula is C13H14N6O2. The van der Waals surface area contributed by atoms with E-state index in [1.807, 2.05) is 6.92 Å². The van der Waals surface area contributed by atoms with Crippen LogP contribution in [0.4, 0.5) is 5.82 Å². The molecule has 1 saturated heterocycles. The molecular weight excluding hydrogens is 272 g/mol. The van der Waals surface area contributed by atoms with Gasteiger partial charge in [-0.05, 0) is 13.3 Å². The molecule has 3 heterocycles. The van der Waals surface area contributed by atoms with E-state index in [2.05, 4.69) is 25.6 Å². The fourth-order valence-corrected chi connectivity index (χ4v) is 2.19. The summed E-state index contributed by atoms with van der Waals surface area (Å²) in [6, 6.07) is 1.16. The molecule has 0 saturated carbocycles. The first-order valence-electron chi connectivity index (χ1n) is 6.56. The van der Waals surface area contributed by atoms with Crippen molar-refractivity contribution in [1.29, 1.82) is 0 Å². The zero-order chi connectivity index (χ0) is 14.8. The molecule has 2 aromatic heterocycles. The summed E-state index contributed by atoms with van der Waals surface area (Å²) in [4.78, 5) is 35.4. The highest BCUT2D eigenvalue weighted by molar-refractivity contribution is 5.98. The Kier molecular flexibility index (Phi) is 3.35. The van der Waals surface area contributed by atoms with Crippen LogP contribution in [0.1, 0.15) is 18.7 Å². The smallest absolute Gasteiger partial charge is 0.248 e. The summed E-state index contributed by atoms with van der Waals surface area (Å²) in [6.07, 6.45) is 5.70. The Morgan fingerprint density at radius 3 is 2.95 bits per heavy atom. The second-order valence-electron chi connectivity index (χ2n) is 4.75. The monoisotopic (exact) mass is 286 g/mol. The predicted molar refractivity (Wildman–Crippen MR) is 73.7 cm³/mol. The van der Waals surface area contributed by atoms with Gasteiger partial charge in [0.15, 0.2) is 0 Å². The quantitative estimate of drug-likeness (QED) is 0.838. The Hall–Kier alpha value is -2.77. The number of rotatable bonds is 3. The van der Waals surface area contributed by atoms with Crippen LogP contribution in [-0.4, -0.2) is 37.4 Å². The molecule has 21 heavy (non-hydrogen) atoms. The molecule has 8 nitrogen and oxygen atoms in total. The zero-order valence-corrected chi connectivity index (χ0v) is 11.4. The minimum absolute atomic E-state index is 0.104. The summed E-state index contributed by atoms with van der Waals surface area (Å²) in [5, 5.41) is 5.30. The number of aromatic nitrogens is 4. The summed E-state index contributed by atoms with van der Waals surface area (Å²) in [5.74, 6) is 1.42. The van der Waals surface area contributed by atoms with Crippen molar-refractivity contribution in [2.75, 3.05) is 5.32 Å². The van der Waals surface area contributed by atoms with Crippen molar-refractivity contribution >= 4 is 17.6 Å². The van der Waals surface area contributed by atoms with Gasteiger partial charge in [0, 0.05) is 24.9 Å². The van der Waals surface area contributed by atoms with Gasteiger partial charge in [0.05, 0.1) is 0 Å². The second-order valence-corrected chi connectivity index (χ2v) is 4.75. The molecule has 0 aliphatic carbocycles. The van der Waals surface area contributed by atoms with Crippen LogP contribution in [0.2, 0.25) is 0 Å². The van der Waals surface area contributed by atoms with Crippen LogP contribution in [0.25, 0.3) is 5.82 Å². The van der Waals surface area contributed by atoms with Gasteiger partial charge in [-0.2, -0.15) is 0 Å². The standard InChI is InChI=1S/C13H14N6O2/c1-8-14-4-5-19(8)11-6-10(15-7-16-11)18-13(21)9-2-3-12(20)17-9/h4-7,9H,2-3H2,1H3,(H,17,20)(H,15,16,18,21). The Morgan fingerprint density at radius 1 is 1.43 bits per heavy atom. The number of anilines is 1. The van der Waals surface area contributed by atoms with E-state index in [1.54, 1.807) is 23.0 Å². The largest absolute Gasteiger partial charge is 0.344 e. The Labute approximate surface area is 120 Å². The van der Waals surface area contributed by atoms with Crippen LogP contribution < -0.4 is 10.6 Å². The van der Waals surface area contributed by atoms with Crippen molar-refractivity contribution in [1.82, 2.24) is 24.8 Å². The van der Waals surface area contributed by atoms with Gasteiger partial charge in [-0.3, -0.25) is 14.2 Å². The Balaban J connectivity index is 1.76. The predicted octanol–water partition coefficient (Wildman–Crippen LogP) is 0.188. The average Bonchev–Trinajstić information content (AvgIpc) is 3.08. The second kappa shape index (κ2) is 5.31. The lowest BCUT2D eigenvalue weighted by Crippen LogP contribution is -2.37. The number of aryl methyl sites for hydroxylation is 1. The lowest BCUT2D eigenvalue weighted by molar-refractivity contribution is -0.122. The topological polar surface area (TPSA) is 102 Å². The van der Waals surface area contributed by atoms with Crippen LogP contribution in [0, 0.1) is 6.92 Å². The van der Waals surface area contributed by atoms with Crippen LogP contribution in [0.3, 0.4) is 0 Å². The number of carbonyl (C=O) groups excluding carboxylic acids is 2. The highest BCUT2D eigenvalue weighted by Gasteiger charge is 2.27. The van der Waals surface area contributed by atoms with Crippen LogP contribution in [-0.2, 0) is 9.59 Å². The molecule has 0 bridgehead atoms. The normalized spacial score (nSPS) is 17.6. The lowest BCUT2D eigenvalue weighted by atomic mass is 10.2. The zero-order valence-electron chi connectivity index (χ0n) is 11.4. The molecule has 1 fully saturated rings. The van der Waals surface area contributed by atoms with Gasteiger partial charge in [0.1, 0.15) is 29.8 Å². The first-order chi connectivity index (χ1) is 10.1. The number of nitrogens with one attached hydrogen (secondary N) is 2. The highest BCUT2D eigenvalue weighted by atomic mass is 16.2. The molecule has 1 aliphatic heterocycles. The summed E-state index contributed by atoms with van der Waals surface area (Å²) in [5.41, 5.74) is 0. The number of hydrogen-bond donors (Lipinski definition) is 2. The maximum absolute atomic E-state index is 12.0. The van der Waals surface area contributed by atoms with Gasteiger partial charge in [0.25, 0.3) is 0 Å². The molecule has 0 aromatic carbocycles. The Bertz CT molecular complexity index is 695. The van der Waals surface area contributed by atoms with Gasteiger partial charge in [-0.25, -0.2) is 15.0 Å². The molecule has 1 aliphatic rings. The van der Waals surface area contributed by atoms with E-state index in [4.69, 9.17) is 0 Å². The van der Waals surface area contributed by atoms with Crippen LogP contribution in [0.5, 0.6) is 0 Å². The molecule has 0 radical (unpaired) electrons. The first-order valence-corrected chi connectivity index (χ1v) is 6.56. The number of nitrogens with zero attached hydrogens (tertiary/aromatic N) is 4. The van der Waals surface area contributed by atoms with Gasteiger partial charge in [-0.1, -0.05) is 0 Å². The number of hydrogen-bond acceptors (Lipinski definition) is 5. The first kappa shape index (κ1) is 13.2. The molecule has 8 heteroatoms. The van der Waals surface area contributed by atoms with Crippen molar-refractivity contribution in [3.05, 3.63) is 30.6 Å². The van der Waals surface area contributed by atoms with E-state index in [-0.39, 0.29) is 11.8 Å². The average molecular weight is 286 g/mol. The van der Waals surface area contributed by atoms with Crippen LogP contribution >= 0.6 is 0 Å². The van der Waals surface area contributed by atoms with E-state index in [0.29, 0.717) is 24.5 Å². The molecule has 2 N–H and O–H groups in total. The molecule has 2 aromatic rings. The fraction of sp³-hybridized carbons (Fsp3) is 0.308. The van der Waals surface area contributed by atoms with Crippen molar-refractivity contribution in [2.24, 2.45) is 0 Å². The molecule has 0 spiro atoms.